The normalized spacial score (nSPS) is 13.8. The summed E-state index contributed by atoms with van der Waals surface area (Å²) in [7, 11) is 0. The molecular weight excluding hydrogens is 675 g/mol. The van der Waals surface area contributed by atoms with E-state index in [1.165, 1.54) is 18.6 Å². The van der Waals surface area contributed by atoms with E-state index in [1.54, 1.807) is 23.2 Å². The van der Waals surface area contributed by atoms with Gasteiger partial charge in [-0.05, 0) is 88.7 Å². The summed E-state index contributed by atoms with van der Waals surface area (Å²) in [5.41, 5.74) is 10.3. The van der Waals surface area contributed by atoms with Gasteiger partial charge in [-0.25, -0.2) is 4.39 Å². The van der Waals surface area contributed by atoms with Crippen molar-refractivity contribution in [2.24, 2.45) is 16.1 Å². The molecule has 7 nitrogen and oxygen atoms in total. The van der Waals surface area contributed by atoms with Crippen molar-refractivity contribution in [2.45, 2.75) is 73.3 Å². The van der Waals surface area contributed by atoms with E-state index in [9.17, 15) is 14.0 Å². The minimum absolute atomic E-state index is 0.0426. The largest absolute Gasteiger partial charge is 0.457 e. The van der Waals surface area contributed by atoms with Crippen molar-refractivity contribution in [2.75, 3.05) is 6.54 Å². The van der Waals surface area contributed by atoms with Gasteiger partial charge in [-0.2, -0.15) is 4.99 Å². The molecule has 52 heavy (non-hydrogen) atoms. The lowest BCUT2D eigenvalue weighted by atomic mass is 9.87. The molecule has 9 heteroatoms. The average molecular weight is 723 g/mol. The molecule has 0 radical (unpaired) electrons. The van der Waals surface area contributed by atoms with Crippen LogP contribution in [0.2, 0.25) is 0 Å². The number of allylic oxidation sites excluding steroid dienone is 5. The minimum atomic E-state index is -0.960. The summed E-state index contributed by atoms with van der Waals surface area (Å²) in [5, 5.41) is 1.60. The topological polar surface area (TPSA) is 97.9 Å². The summed E-state index contributed by atoms with van der Waals surface area (Å²) in [6, 6.07) is 22.0. The molecule has 0 unspecified atom stereocenters. The highest BCUT2D eigenvalue weighted by molar-refractivity contribution is 6.25. The van der Waals surface area contributed by atoms with Crippen LogP contribution in [0.3, 0.4) is 0 Å². The van der Waals surface area contributed by atoms with Gasteiger partial charge in [0.2, 0.25) is 0 Å². The lowest BCUT2D eigenvalue weighted by Gasteiger charge is -2.35. The number of pyridine rings is 1. The molecule has 4 rings (SSSR count). The van der Waals surface area contributed by atoms with Crippen LogP contribution in [0.25, 0.3) is 16.3 Å². The van der Waals surface area contributed by atoms with Crippen molar-refractivity contribution < 1.29 is 18.7 Å². The molecule has 2 N–H and O–H groups in total. The number of aliphatic imine (C=N–C) groups is 1. The van der Waals surface area contributed by atoms with Crippen LogP contribution >= 0.6 is 11.6 Å². The molecule has 0 aliphatic rings. The molecule has 0 aliphatic heterocycles. The molecule has 1 aromatic heterocycles. The maximum absolute atomic E-state index is 14.4. The quantitative estimate of drug-likeness (QED) is 0.0944. The second-order valence-corrected chi connectivity index (χ2v) is 15.2. The Labute approximate surface area is 311 Å². The zero-order chi connectivity index (χ0) is 38.2. The van der Waals surface area contributed by atoms with Crippen molar-refractivity contribution in [1.82, 2.24) is 9.88 Å². The Morgan fingerprint density at radius 2 is 1.60 bits per heavy atom. The van der Waals surface area contributed by atoms with Gasteiger partial charge in [-0.3, -0.25) is 14.6 Å². The van der Waals surface area contributed by atoms with Crippen LogP contribution in [0.4, 0.5) is 4.39 Å². The monoisotopic (exact) mass is 722 g/mol. The summed E-state index contributed by atoms with van der Waals surface area (Å²) >= 11 is 5.46. The van der Waals surface area contributed by atoms with Gasteiger partial charge in [0.1, 0.15) is 29.1 Å². The van der Waals surface area contributed by atoms with Crippen molar-refractivity contribution in [3.05, 3.63) is 131 Å². The van der Waals surface area contributed by atoms with Gasteiger partial charge < -0.3 is 15.4 Å². The highest BCUT2D eigenvalue weighted by atomic mass is 35.5. The average Bonchev–Trinajstić information content (AvgIpc) is 3.09. The molecule has 0 bridgehead atoms. The van der Waals surface area contributed by atoms with Crippen molar-refractivity contribution in [3.8, 4) is 11.5 Å². The van der Waals surface area contributed by atoms with Crippen LogP contribution < -0.4 is 10.5 Å². The number of nitrogens with zero attached hydrogens (tertiary/aromatic N) is 3. The van der Waals surface area contributed by atoms with Gasteiger partial charge in [0.15, 0.2) is 0 Å². The number of fused-ring (bicyclic) bond motifs is 1. The summed E-state index contributed by atoms with van der Waals surface area (Å²) in [6.45, 7) is 16.2. The third-order valence-corrected chi connectivity index (χ3v) is 8.48. The fourth-order valence-electron chi connectivity index (χ4n) is 5.64. The van der Waals surface area contributed by atoms with E-state index in [4.69, 9.17) is 22.1 Å². The zero-order valence-electron chi connectivity index (χ0n) is 31.2. The molecule has 2 amide bonds. The maximum Gasteiger partial charge on any atom is 0.273 e. The van der Waals surface area contributed by atoms with Crippen molar-refractivity contribution in [3.63, 3.8) is 0 Å². The summed E-state index contributed by atoms with van der Waals surface area (Å²) in [6.07, 6.45) is 6.61. The molecule has 0 aliphatic carbocycles. The third kappa shape index (κ3) is 11.0. The number of carbonyl (C=O) groups excluding carboxylic acids is 2. The molecule has 3 aromatic carbocycles. The lowest BCUT2D eigenvalue weighted by molar-refractivity contribution is -0.122. The molecule has 4 aromatic rings. The number of hydrogen-bond acceptors (Lipinski definition) is 4. The van der Waals surface area contributed by atoms with E-state index in [2.05, 4.69) is 42.9 Å². The molecule has 0 spiro atoms. The van der Waals surface area contributed by atoms with Crippen molar-refractivity contribution >= 4 is 45.6 Å². The smallest absolute Gasteiger partial charge is 0.273 e. The van der Waals surface area contributed by atoms with E-state index in [1.807, 2.05) is 88.4 Å². The molecule has 1 heterocycles. The van der Waals surface area contributed by atoms with Gasteiger partial charge >= 0.3 is 0 Å². The van der Waals surface area contributed by atoms with Gasteiger partial charge in [-0.1, -0.05) is 108 Å². The fourth-order valence-corrected chi connectivity index (χ4v) is 5.71. The van der Waals surface area contributed by atoms with Gasteiger partial charge in [-0.15, -0.1) is 0 Å². The number of carbonyl (C=O) groups is 2. The number of rotatable bonds is 11. The Balaban J connectivity index is 1.65. The van der Waals surface area contributed by atoms with E-state index < -0.39 is 23.7 Å². The zero-order valence-corrected chi connectivity index (χ0v) is 32.0. The Kier molecular flexibility index (Phi) is 12.9. The predicted molar refractivity (Wildman–Crippen MR) is 212 cm³/mol. The summed E-state index contributed by atoms with van der Waals surface area (Å²) in [5.74, 6) is -0.0134. The number of halogens is 2. The second-order valence-electron chi connectivity index (χ2n) is 15.0. The van der Waals surface area contributed by atoms with Crippen LogP contribution in [-0.2, 0) is 16.6 Å². The summed E-state index contributed by atoms with van der Waals surface area (Å²) in [4.78, 5) is 38.3. The van der Waals surface area contributed by atoms with Gasteiger partial charge in [0.05, 0.1) is 5.84 Å². The number of benzene rings is 3. The number of ether oxygens (including phenoxy) is 1. The van der Waals surface area contributed by atoms with E-state index in [0.717, 1.165) is 38.8 Å². The molecular formula is C43H48ClFN4O3. The fraction of sp³-hybridized carbons (Fsp3) is 0.302. The molecule has 0 saturated carbocycles. The molecule has 1 atom stereocenters. The molecule has 0 fully saturated rings. The molecule has 0 saturated heterocycles. The Bertz CT molecular complexity index is 2010. The van der Waals surface area contributed by atoms with E-state index in [0.29, 0.717) is 5.75 Å². The first-order valence-corrected chi connectivity index (χ1v) is 17.6. The van der Waals surface area contributed by atoms with Gasteiger partial charge in [0, 0.05) is 30.1 Å². The number of amidine groups is 1. The predicted octanol–water partition coefficient (Wildman–Crippen LogP) is 10.3. The molecule has 272 valence electrons. The second kappa shape index (κ2) is 17.0. The Morgan fingerprint density at radius 1 is 0.942 bits per heavy atom. The first-order valence-electron chi connectivity index (χ1n) is 17.2. The standard InChI is InChI=1S/C43H48ClFN4O3/c1-9-30(14-18-35(45)25-44)31-12-10-29(11-13-31)22-39(40(50)48-28(2)46)49(27-42(3,4)5)41(51)38-24-32-15-19-37(23-33(32)26-47-38)52-36-20-16-34(17-21-36)43(6,7)8/h9-21,23-26,39H,22,27H2,1-8H3,(H2,46,48,50)/b18-14-,30-9+,35-25-/t39-/m0/s1. The number of hydrogen-bond donors (Lipinski definition) is 1. The van der Waals surface area contributed by atoms with Crippen LogP contribution in [0.5, 0.6) is 11.5 Å². The third-order valence-electron chi connectivity index (χ3n) is 8.28. The van der Waals surface area contributed by atoms with Gasteiger partial charge in [0.25, 0.3) is 11.8 Å². The first-order chi connectivity index (χ1) is 24.5. The number of nitrogens with two attached hydrogens (primary N) is 1. The summed E-state index contributed by atoms with van der Waals surface area (Å²) < 4.78 is 19.8. The van der Waals surface area contributed by atoms with Crippen molar-refractivity contribution in [1.29, 1.82) is 0 Å². The van der Waals surface area contributed by atoms with Crippen LogP contribution in [0, 0.1) is 5.41 Å². The first kappa shape index (κ1) is 39.7. The van der Waals surface area contributed by atoms with E-state index >= 15 is 0 Å². The van der Waals surface area contributed by atoms with E-state index in [-0.39, 0.29) is 35.3 Å². The Morgan fingerprint density at radius 3 is 2.17 bits per heavy atom. The number of aromatic nitrogens is 1. The number of amides is 2. The lowest BCUT2D eigenvalue weighted by Crippen LogP contribution is -2.49. The SMILES string of the molecule is C\C=C(/C=C\C(F)=C\Cl)c1ccc(C[C@@H](C(=O)N=C(C)N)N(CC(C)(C)C)C(=O)c2cc3ccc(Oc4ccc(C(C)(C)C)cc4)cc3cn2)cc1. The highest BCUT2D eigenvalue weighted by Crippen LogP contribution is 2.30. The maximum atomic E-state index is 14.4. The van der Waals surface area contributed by atoms with Crippen LogP contribution in [-0.4, -0.2) is 40.1 Å². The van der Waals surface area contributed by atoms with Crippen LogP contribution in [0.1, 0.15) is 82.6 Å². The van der Waals surface area contributed by atoms with Crippen LogP contribution in [0.15, 0.2) is 114 Å². The Hall–Kier alpha value is -5.08. The highest BCUT2D eigenvalue weighted by Gasteiger charge is 2.34. The minimum Gasteiger partial charge on any atom is -0.457 e.